The van der Waals surface area contributed by atoms with Crippen LogP contribution in [-0.4, -0.2) is 36.6 Å². The second-order valence-corrected chi connectivity index (χ2v) is 6.13. The Morgan fingerprint density at radius 1 is 1.47 bits per heavy atom. The monoisotopic (exact) mass is 237 g/mol. The van der Waals surface area contributed by atoms with E-state index in [9.17, 15) is 0 Å². The molecule has 1 rings (SSSR count). The summed E-state index contributed by atoms with van der Waals surface area (Å²) >= 11 is 0. The Hall–Kier alpha value is -0.590. The molecule has 0 aliphatic carbocycles. The summed E-state index contributed by atoms with van der Waals surface area (Å²) in [6.07, 6.45) is 3.56. The lowest BCUT2D eigenvalue weighted by atomic mass is 9.91. The number of hydrogen-bond acceptors (Lipinski definition) is 3. The van der Waals surface area contributed by atoms with Gasteiger partial charge in [0.15, 0.2) is 0 Å². The van der Waals surface area contributed by atoms with Crippen molar-refractivity contribution >= 4 is 0 Å². The molecule has 98 valence electrons. The van der Waals surface area contributed by atoms with Gasteiger partial charge in [-0.1, -0.05) is 0 Å². The van der Waals surface area contributed by atoms with Gasteiger partial charge in [0.1, 0.15) is 0 Å². The fourth-order valence-electron chi connectivity index (χ4n) is 2.23. The van der Waals surface area contributed by atoms with Crippen LogP contribution >= 0.6 is 0 Å². The highest BCUT2D eigenvalue weighted by Crippen LogP contribution is 2.20. The zero-order valence-electron chi connectivity index (χ0n) is 11.8. The van der Waals surface area contributed by atoms with E-state index in [0.29, 0.717) is 12.1 Å². The van der Waals surface area contributed by atoms with Crippen molar-refractivity contribution < 1.29 is 0 Å². The molecule has 0 aromatic rings. The second-order valence-electron chi connectivity index (χ2n) is 6.13. The molecule has 1 heterocycles. The van der Waals surface area contributed by atoms with E-state index < -0.39 is 0 Å². The van der Waals surface area contributed by atoms with E-state index in [1.165, 1.54) is 19.4 Å². The van der Waals surface area contributed by atoms with Crippen molar-refractivity contribution in [2.75, 3.05) is 19.6 Å². The van der Waals surface area contributed by atoms with Gasteiger partial charge in [-0.25, -0.2) is 0 Å². The molecule has 1 N–H and O–H groups in total. The zero-order valence-corrected chi connectivity index (χ0v) is 11.8. The van der Waals surface area contributed by atoms with Gasteiger partial charge in [-0.2, -0.15) is 5.26 Å². The SMILES string of the molecule is CC(C)N(CCC(C)(C)C#N)CC1CCCN1. The summed E-state index contributed by atoms with van der Waals surface area (Å²) in [5.41, 5.74) is -0.198. The Morgan fingerprint density at radius 2 is 2.18 bits per heavy atom. The van der Waals surface area contributed by atoms with Crippen LogP contribution < -0.4 is 5.32 Å². The largest absolute Gasteiger partial charge is 0.313 e. The molecule has 1 aliphatic heterocycles. The smallest absolute Gasteiger partial charge is 0.0684 e. The van der Waals surface area contributed by atoms with Crippen molar-refractivity contribution in [1.29, 1.82) is 5.26 Å². The fourth-order valence-corrected chi connectivity index (χ4v) is 2.23. The highest BCUT2D eigenvalue weighted by Gasteiger charge is 2.23. The van der Waals surface area contributed by atoms with Crippen LogP contribution in [0, 0.1) is 16.7 Å². The molecular formula is C14H27N3. The Morgan fingerprint density at radius 3 is 2.65 bits per heavy atom. The van der Waals surface area contributed by atoms with E-state index >= 15 is 0 Å². The quantitative estimate of drug-likeness (QED) is 0.771. The third kappa shape index (κ3) is 5.06. The van der Waals surface area contributed by atoms with Crippen LogP contribution in [0.4, 0.5) is 0 Å². The van der Waals surface area contributed by atoms with E-state index in [0.717, 1.165) is 19.5 Å². The molecule has 1 atom stereocenters. The van der Waals surface area contributed by atoms with Gasteiger partial charge in [0.25, 0.3) is 0 Å². The van der Waals surface area contributed by atoms with Crippen molar-refractivity contribution in [3.63, 3.8) is 0 Å². The van der Waals surface area contributed by atoms with Crippen molar-refractivity contribution in [2.45, 2.75) is 59.0 Å². The van der Waals surface area contributed by atoms with Gasteiger partial charge >= 0.3 is 0 Å². The van der Waals surface area contributed by atoms with Crippen molar-refractivity contribution in [3.05, 3.63) is 0 Å². The molecule has 1 saturated heterocycles. The minimum Gasteiger partial charge on any atom is -0.313 e. The summed E-state index contributed by atoms with van der Waals surface area (Å²) < 4.78 is 0. The molecule has 0 amide bonds. The Bertz CT molecular complexity index is 259. The zero-order chi connectivity index (χ0) is 12.9. The summed E-state index contributed by atoms with van der Waals surface area (Å²) in [6, 6.07) is 3.60. The van der Waals surface area contributed by atoms with Crippen LogP contribution in [0.1, 0.15) is 47.0 Å². The van der Waals surface area contributed by atoms with Gasteiger partial charge in [0.05, 0.1) is 11.5 Å². The van der Waals surface area contributed by atoms with Gasteiger partial charge in [0.2, 0.25) is 0 Å². The average Bonchev–Trinajstić information content (AvgIpc) is 2.76. The predicted molar refractivity (Wildman–Crippen MR) is 71.7 cm³/mol. The van der Waals surface area contributed by atoms with Crippen LogP contribution in [-0.2, 0) is 0 Å². The normalized spacial score (nSPS) is 21.1. The van der Waals surface area contributed by atoms with Gasteiger partial charge in [0, 0.05) is 18.6 Å². The maximum absolute atomic E-state index is 9.05. The van der Waals surface area contributed by atoms with E-state index in [1.807, 2.05) is 13.8 Å². The molecule has 0 spiro atoms. The van der Waals surface area contributed by atoms with Crippen molar-refractivity contribution in [1.82, 2.24) is 10.2 Å². The Labute approximate surface area is 106 Å². The lowest BCUT2D eigenvalue weighted by molar-refractivity contribution is 0.183. The lowest BCUT2D eigenvalue weighted by Crippen LogP contribution is -2.42. The number of rotatable bonds is 6. The molecule has 17 heavy (non-hydrogen) atoms. The average molecular weight is 237 g/mol. The molecule has 1 aliphatic rings. The Balaban J connectivity index is 2.40. The van der Waals surface area contributed by atoms with Crippen LogP contribution in [0.5, 0.6) is 0 Å². The molecule has 0 bridgehead atoms. The topological polar surface area (TPSA) is 39.1 Å². The first kappa shape index (κ1) is 14.5. The molecule has 0 radical (unpaired) electrons. The summed E-state index contributed by atoms with van der Waals surface area (Å²) in [5, 5.41) is 12.6. The maximum atomic E-state index is 9.05. The van der Waals surface area contributed by atoms with Crippen LogP contribution in [0.2, 0.25) is 0 Å². The number of nitriles is 1. The molecule has 1 fully saturated rings. The second kappa shape index (κ2) is 6.37. The highest BCUT2D eigenvalue weighted by atomic mass is 15.2. The van der Waals surface area contributed by atoms with Crippen LogP contribution in [0.15, 0.2) is 0 Å². The molecule has 0 saturated carbocycles. The van der Waals surface area contributed by atoms with Gasteiger partial charge < -0.3 is 5.32 Å². The van der Waals surface area contributed by atoms with Crippen molar-refractivity contribution in [3.8, 4) is 6.07 Å². The maximum Gasteiger partial charge on any atom is 0.0684 e. The van der Waals surface area contributed by atoms with Crippen LogP contribution in [0.3, 0.4) is 0 Å². The summed E-state index contributed by atoms with van der Waals surface area (Å²) in [6.45, 7) is 11.9. The van der Waals surface area contributed by atoms with E-state index in [2.05, 4.69) is 30.1 Å². The van der Waals surface area contributed by atoms with Gasteiger partial charge in [-0.3, -0.25) is 4.90 Å². The molecule has 3 nitrogen and oxygen atoms in total. The molecule has 0 aromatic carbocycles. The summed E-state index contributed by atoms with van der Waals surface area (Å²) in [5.74, 6) is 0. The Kier molecular flexibility index (Phi) is 5.42. The first-order valence-corrected chi connectivity index (χ1v) is 6.83. The van der Waals surface area contributed by atoms with E-state index in [-0.39, 0.29) is 5.41 Å². The minimum atomic E-state index is -0.198. The summed E-state index contributed by atoms with van der Waals surface area (Å²) in [4.78, 5) is 2.50. The lowest BCUT2D eigenvalue weighted by Gasteiger charge is -2.31. The van der Waals surface area contributed by atoms with Crippen molar-refractivity contribution in [2.24, 2.45) is 5.41 Å². The molecule has 0 aromatic heterocycles. The molecule has 3 heteroatoms. The summed E-state index contributed by atoms with van der Waals surface area (Å²) in [7, 11) is 0. The van der Waals surface area contributed by atoms with Crippen LogP contribution in [0.25, 0.3) is 0 Å². The predicted octanol–water partition coefficient (Wildman–Crippen LogP) is 2.39. The fraction of sp³-hybridized carbons (Fsp3) is 0.929. The standard InChI is InChI=1S/C14H27N3/c1-12(2)17(9-7-14(3,4)11-15)10-13-6-5-8-16-13/h12-13,16H,5-10H2,1-4H3. The van der Waals surface area contributed by atoms with E-state index in [1.54, 1.807) is 0 Å². The van der Waals surface area contributed by atoms with E-state index in [4.69, 9.17) is 5.26 Å². The third-order valence-corrected chi connectivity index (χ3v) is 3.67. The number of nitrogens with zero attached hydrogens (tertiary/aromatic N) is 2. The first-order valence-electron chi connectivity index (χ1n) is 6.83. The van der Waals surface area contributed by atoms with Gasteiger partial charge in [-0.05, 0) is 60.0 Å². The molecular weight excluding hydrogens is 210 g/mol. The minimum absolute atomic E-state index is 0.198. The highest BCUT2D eigenvalue weighted by molar-refractivity contribution is 4.92. The number of nitrogens with one attached hydrogen (secondary N) is 1. The first-order chi connectivity index (χ1) is 7.94. The molecule has 1 unspecified atom stereocenters. The van der Waals surface area contributed by atoms with Gasteiger partial charge in [-0.15, -0.1) is 0 Å². The number of hydrogen-bond donors (Lipinski definition) is 1. The third-order valence-electron chi connectivity index (χ3n) is 3.67.